The fourth-order valence-corrected chi connectivity index (χ4v) is 9.12. The summed E-state index contributed by atoms with van der Waals surface area (Å²) in [5.74, 6) is -2.67. The van der Waals surface area contributed by atoms with Crippen molar-refractivity contribution in [1.82, 2.24) is 29.3 Å². The van der Waals surface area contributed by atoms with Crippen molar-refractivity contribution in [3.05, 3.63) is 131 Å². The molecule has 0 bridgehead atoms. The zero-order chi connectivity index (χ0) is 38.2. The molecule has 0 radical (unpaired) electrons. The van der Waals surface area contributed by atoms with E-state index >= 15 is 0 Å². The molecule has 3 N–H and O–H groups in total. The van der Waals surface area contributed by atoms with Crippen LogP contribution in [-0.4, -0.2) is 85.1 Å². The third-order valence-corrected chi connectivity index (χ3v) is 12.4. The van der Waals surface area contributed by atoms with Gasteiger partial charge >= 0.3 is 0 Å². The lowest BCUT2D eigenvalue weighted by Crippen LogP contribution is -2.69. The van der Waals surface area contributed by atoms with Gasteiger partial charge < -0.3 is 15.6 Å². The van der Waals surface area contributed by atoms with Crippen LogP contribution in [0.5, 0.6) is 0 Å². The van der Waals surface area contributed by atoms with Crippen LogP contribution in [0.1, 0.15) is 39.3 Å². The fraction of sp³-hybridized carbons (Fsp3) is 0.250. The topological polar surface area (TPSA) is 190 Å². The number of carbonyl (C=O) groups excluding carboxylic acids is 3. The maximum absolute atomic E-state index is 14.2. The zero-order valence-electron chi connectivity index (χ0n) is 29.0. The lowest BCUT2D eigenvalue weighted by molar-refractivity contribution is -0.138. The summed E-state index contributed by atoms with van der Waals surface area (Å²) in [5, 5.41) is 12.8. The summed E-state index contributed by atoms with van der Waals surface area (Å²) in [6, 6.07) is 22.2. The molecule has 4 aromatic rings. The van der Waals surface area contributed by atoms with E-state index in [0.29, 0.717) is 11.1 Å². The number of carbonyl (C=O) groups is 3. The van der Waals surface area contributed by atoms with Crippen LogP contribution in [0.15, 0.2) is 114 Å². The Labute approximate surface area is 312 Å². The van der Waals surface area contributed by atoms with Crippen LogP contribution in [0.2, 0.25) is 0 Å². The lowest BCUT2D eigenvalue weighted by atomic mass is 9.97. The van der Waals surface area contributed by atoms with Crippen molar-refractivity contribution < 1.29 is 31.2 Å². The fourth-order valence-electron chi connectivity index (χ4n) is 5.80. The minimum atomic E-state index is -4.28. The second kappa shape index (κ2) is 16.7. The van der Waals surface area contributed by atoms with Gasteiger partial charge in [0.2, 0.25) is 21.7 Å². The number of thiazole rings is 1. The molecule has 278 valence electrons. The summed E-state index contributed by atoms with van der Waals surface area (Å²) < 4.78 is 55.4. The van der Waals surface area contributed by atoms with Crippen LogP contribution in [0.25, 0.3) is 0 Å². The summed E-state index contributed by atoms with van der Waals surface area (Å²) in [6.07, 6.45) is 4.55. The van der Waals surface area contributed by atoms with Gasteiger partial charge in [-0.2, -0.15) is 0 Å². The van der Waals surface area contributed by atoms with Gasteiger partial charge in [-0.05, 0) is 49.2 Å². The Hall–Kier alpha value is -5.07. The SMILES string of the molecule is Cc1ccc(S(=O)(=O)NN(C)[C@](CCC=N)(NC(=O)CN2C=CN(S(=O)(=O)Cc3ccccc3)[C@@H](Cc3ccccc3)C2=O)C(=O)c2nccs2)cc1. The Morgan fingerprint density at radius 1 is 0.962 bits per heavy atom. The molecule has 0 aliphatic carbocycles. The second-order valence-corrected chi connectivity index (χ2v) is 16.8. The number of amides is 2. The van der Waals surface area contributed by atoms with E-state index in [2.05, 4.69) is 15.1 Å². The minimum absolute atomic E-state index is 0.00544. The van der Waals surface area contributed by atoms with Crippen molar-refractivity contribution >= 4 is 55.2 Å². The van der Waals surface area contributed by atoms with Gasteiger partial charge in [-0.15, -0.1) is 16.2 Å². The van der Waals surface area contributed by atoms with Crippen LogP contribution >= 0.6 is 11.3 Å². The largest absolute Gasteiger partial charge is 0.328 e. The van der Waals surface area contributed by atoms with E-state index in [1.807, 2.05) is 0 Å². The van der Waals surface area contributed by atoms with Crippen molar-refractivity contribution in [1.29, 1.82) is 5.41 Å². The van der Waals surface area contributed by atoms with Gasteiger partial charge in [0.1, 0.15) is 12.6 Å². The molecule has 1 aliphatic rings. The molecule has 0 saturated heterocycles. The number of nitrogens with one attached hydrogen (secondary N) is 3. The molecule has 2 heterocycles. The summed E-state index contributed by atoms with van der Waals surface area (Å²) in [7, 11) is -7.07. The number of ketones is 1. The molecule has 2 amide bonds. The maximum Gasteiger partial charge on any atom is 0.253 e. The number of rotatable bonds is 17. The first-order valence-electron chi connectivity index (χ1n) is 16.4. The van der Waals surface area contributed by atoms with Crippen LogP contribution in [0.3, 0.4) is 0 Å². The number of sulfonamides is 2. The Bertz CT molecular complexity index is 2170. The van der Waals surface area contributed by atoms with E-state index in [-0.39, 0.29) is 34.9 Å². The van der Waals surface area contributed by atoms with Crippen molar-refractivity contribution in [2.45, 2.75) is 48.5 Å². The highest BCUT2D eigenvalue weighted by atomic mass is 32.2. The van der Waals surface area contributed by atoms with E-state index in [0.717, 1.165) is 37.3 Å². The number of benzene rings is 3. The smallest absolute Gasteiger partial charge is 0.253 e. The summed E-state index contributed by atoms with van der Waals surface area (Å²) in [6.45, 7) is 1.15. The minimum Gasteiger partial charge on any atom is -0.328 e. The molecule has 2 atom stereocenters. The molecule has 17 heteroatoms. The van der Waals surface area contributed by atoms with Crippen LogP contribution < -0.4 is 10.1 Å². The van der Waals surface area contributed by atoms with Gasteiger partial charge in [-0.1, -0.05) is 78.4 Å². The Morgan fingerprint density at radius 2 is 1.60 bits per heavy atom. The van der Waals surface area contributed by atoms with E-state index in [1.165, 1.54) is 37.8 Å². The average Bonchev–Trinajstić information content (AvgIpc) is 3.67. The number of aryl methyl sites for hydroxylation is 1. The monoisotopic (exact) mass is 777 g/mol. The van der Waals surface area contributed by atoms with Gasteiger partial charge in [-0.3, -0.25) is 18.7 Å². The van der Waals surface area contributed by atoms with Gasteiger partial charge in [0.25, 0.3) is 15.9 Å². The molecule has 53 heavy (non-hydrogen) atoms. The highest BCUT2D eigenvalue weighted by Crippen LogP contribution is 2.26. The van der Waals surface area contributed by atoms with Crippen LogP contribution in [0.4, 0.5) is 0 Å². The van der Waals surface area contributed by atoms with E-state index in [4.69, 9.17) is 5.41 Å². The van der Waals surface area contributed by atoms with E-state index < -0.39 is 55.9 Å². The Kier molecular flexibility index (Phi) is 12.4. The van der Waals surface area contributed by atoms with E-state index in [1.54, 1.807) is 85.1 Å². The number of nitrogens with zero attached hydrogens (tertiary/aromatic N) is 4. The normalized spacial score (nSPS) is 16.0. The number of hydrazine groups is 1. The first-order chi connectivity index (χ1) is 25.3. The van der Waals surface area contributed by atoms with Crippen molar-refractivity contribution in [3.8, 4) is 0 Å². The summed E-state index contributed by atoms with van der Waals surface area (Å²) in [5.41, 5.74) is -0.0657. The second-order valence-electron chi connectivity index (χ2n) is 12.3. The first kappa shape index (κ1) is 39.1. The molecular formula is C36H39N7O7S3. The number of hydrogen-bond donors (Lipinski definition) is 3. The summed E-state index contributed by atoms with van der Waals surface area (Å²) in [4.78, 5) is 49.7. The van der Waals surface area contributed by atoms with Crippen LogP contribution in [-0.2, 0) is 41.8 Å². The summed E-state index contributed by atoms with van der Waals surface area (Å²) >= 11 is 0.981. The molecular weight excluding hydrogens is 739 g/mol. The third kappa shape index (κ3) is 9.30. The average molecular weight is 778 g/mol. The molecule has 14 nitrogen and oxygen atoms in total. The number of aromatic nitrogens is 1. The van der Waals surface area contributed by atoms with Gasteiger partial charge in [0, 0.05) is 37.4 Å². The van der Waals surface area contributed by atoms with E-state index in [9.17, 15) is 31.2 Å². The zero-order valence-corrected chi connectivity index (χ0v) is 31.4. The predicted molar refractivity (Wildman–Crippen MR) is 200 cm³/mol. The molecule has 5 rings (SSSR count). The van der Waals surface area contributed by atoms with Gasteiger partial charge in [0.05, 0.1) is 10.6 Å². The predicted octanol–water partition coefficient (Wildman–Crippen LogP) is 3.46. The number of Topliss-reactive ketones (excluding diaryl/α,β-unsaturated/α-hetero) is 1. The highest BCUT2D eigenvalue weighted by molar-refractivity contribution is 7.89. The van der Waals surface area contributed by atoms with Crippen molar-refractivity contribution in [2.24, 2.45) is 0 Å². The molecule has 0 spiro atoms. The Balaban J connectivity index is 1.46. The number of hydrogen-bond acceptors (Lipinski definition) is 11. The molecule has 0 fully saturated rings. The Morgan fingerprint density at radius 3 is 2.21 bits per heavy atom. The molecule has 0 saturated carbocycles. The maximum atomic E-state index is 14.2. The van der Waals surface area contributed by atoms with Gasteiger partial charge in [-0.25, -0.2) is 26.8 Å². The number of likely N-dealkylation sites (N-methyl/N-ethyl adjacent to an activating group) is 1. The standard InChI is InChI=1S/C36H39N7O7S3/c1-27-14-16-30(17-15-27)53(49,50)40-41(2)36(18-9-19-37,33(45)34-38-20-23-51-34)39-32(44)25-42-21-22-43(52(47,48)26-29-12-7-4-8-13-29)31(35(42)46)24-28-10-5-3-6-11-28/h3-8,10-17,19-23,31,37,40H,9,18,24-26H2,1-2H3,(H,39,44)/t31-,36-/m0/s1. The quantitative estimate of drug-likeness (QED) is 0.0624. The van der Waals surface area contributed by atoms with Gasteiger partial charge in [0.15, 0.2) is 10.7 Å². The molecule has 1 aromatic heterocycles. The molecule has 0 unspecified atom stereocenters. The van der Waals surface area contributed by atoms with Crippen LogP contribution in [0, 0.1) is 12.3 Å². The van der Waals surface area contributed by atoms with Crippen molar-refractivity contribution in [3.63, 3.8) is 0 Å². The highest BCUT2D eigenvalue weighted by Gasteiger charge is 2.47. The third-order valence-electron chi connectivity index (χ3n) is 8.53. The first-order valence-corrected chi connectivity index (χ1v) is 20.4. The lowest BCUT2D eigenvalue weighted by Gasteiger charge is -2.41. The van der Waals surface area contributed by atoms with Crippen molar-refractivity contribution in [2.75, 3.05) is 13.6 Å². The molecule has 1 aliphatic heterocycles. The molecule has 3 aromatic carbocycles.